The van der Waals surface area contributed by atoms with Crippen LogP contribution in [0, 0.1) is 13.8 Å². The summed E-state index contributed by atoms with van der Waals surface area (Å²) in [7, 11) is 0. The number of thiazole rings is 1. The fraction of sp³-hybridized carbons (Fsp3) is 0.174. The number of rotatable bonds is 6. The molecule has 2 heterocycles. The van der Waals surface area contributed by atoms with Gasteiger partial charge in [0.05, 0.1) is 11.4 Å². The normalized spacial score (nSPS) is 11.8. The lowest BCUT2D eigenvalue weighted by molar-refractivity contribution is -0.122. The highest BCUT2D eigenvalue weighted by molar-refractivity contribution is 7.12. The summed E-state index contributed by atoms with van der Waals surface area (Å²) in [5, 5.41) is 10.1. The molecule has 2 aromatic heterocycles. The number of nitrogens with one attached hydrogen (secondary N) is 1. The van der Waals surface area contributed by atoms with Gasteiger partial charge >= 0.3 is 0 Å². The molecule has 0 aliphatic rings. The Morgan fingerprint density at radius 3 is 2.57 bits per heavy atom. The SMILES string of the molecule is Cc1ccc(-c2csc(-n3nc(C)cc3NC(=O)[C@@H](C)Oc3ccccc3)n2)cc1. The van der Waals surface area contributed by atoms with Crippen LogP contribution in [0.5, 0.6) is 5.75 Å². The number of carbonyl (C=O) groups is 1. The molecule has 0 fully saturated rings. The molecule has 0 unspecified atom stereocenters. The Morgan fingerprint density at radius 1 is 1.10 bits per heavy atom. The number of hydrogen-bond acceptors (Lipinski definition) is 5. The Bertz CT molecular complexity index is 1150. The molecular weight excluding hydrogens is 396 g/mol. The average Bonchev–Trinajstić information content (AvgIpc) is 3.36. The average molecular weight is 419 g/mol. The Balaban J connectivity index is 1.53. The molecule has 4 rings (SSSR count). The molecule has 0 bridgehead atoms. The summed E-state index contributed by atoms with van der Waals surface area (Å²) in [6.45, 7) is 5.65. The van der Waals surface area contributed by atoms with Crippen LogP contribution in [0.25, 0.3) is 16.4 Å². The Kier molecular flexibility index (Phi) is 5.63. The van der Waals surface area contributed by atoms with Gasteiger partial charge in [-0.05, 0) is 32.9 Å². The smallest absolute Gasteiger partial charge is 0.266 e. The summed E-state index contributed by atoms with van der Waals surface area (Å²) in [5.74, 6) is 0.952. The summed E-state index contributed by atoms with van der Waals surface area (Å²) < 4.78 is 7.38. The van der Waals surface area contributed by atoms with Crippen molar-refractivity contribution >= 4 is 23.1 Å². The first-order valence-electron chi connectivity index (χ1n) is 9.62. The van der Waals surface area contributed by atoms with Gasteiger partial charge in [-0.15, -0.1) is 11.3 Å². The maximum atomic E-state index is 12.7. The second-order valence-electron chi connectivity index (χ2n) is 7.03. The lowest BCUT2D eigenvalue weighted by atomic mass is 10.1. The van der Waals surface area contributed by atoms with Gasteiger partial charge in [0.1, 0.15) is 11.6 Å². The maximum absolute atomic E-state index is 12.7. The van der Waals surface area contributed by atoms with Gasteiger partial charge in [-0.25, -0.2) is 4.98 Å². The van der Waals surface area contributed by atoms with Crippen LogP contribution < -0.4 is 10.1 Å². The molecule has 0 saturated carbocycles. The Hall–Kier alpha value is -3.45. The van der Waals surface area contributed by atoms with Crippen LogP contribution in [0.3, 0.4) is 0 Å². The van der Waals surface area contributed by atoms with Crippen molar-refractivity contribution in [3.63, 3.8) is 0 Å². The van der Waals surface area contributed by atoms with Crippen molar-refractivity contribution < 1.29 is 9.53 Å². The second-order valence-corrected chi connectivity index (χ2v) is 7.86. The first kappa shape index (κ1) is 19.8. The lowest BCUT2D eigenvalue weighted by Crippen LogP contribution is -2.30. The van der Waals surface area contributed by atoms with Crippen molar-refractivity contribution in [2.24, 2.45) is 0 Å². The zero-order chi connectivity index (χ0) is 21.1. The molecule has 0 saturated heterocycles. The molecule has 1 N–H and O–H groups in total. The van der Waals surface area contributed by atoms with Gasteiger partial charge in [0.15, 0.2) is 6.10 Å². The van der Waals surface area contributed by atoms with E-state index in [2.05, 4.69) is 29.5 Å². The highest BCUT2D eigenvalue weighted by atomic mass is 32.1. The zero-order valence-electron chi connectivity index (χ0n) is 17.0. The largest absolute Gasteiger partial charge is 0.481 e. The minimum atomic E-state index is -0.657. The third kappa shape index (κ3) is 4.41. The fourth-order valence-electron chi connectivity index (χ4n) is 2.94. The van der Waals surface area contributed by atoms with Crippen molar-refractivity contribution in [1.82, 2.24) is 14.8 Å². The number of benzene rings is 2. The number of amides is 1. The first-order valence-corrected chi connectivity index (χ1v) is 10.5. The van der Waals surface area contributed by atoms with E-state index in [0.717, 1.165) is 17.0 Å². The summed E-state index contributed by atoms with van der Waals surface area (Å²) in [5.41, 5.74) is 3.91. The molecule has 6 nitrogen and oxygen atoms in total. The van der Waals surface area contributed by atoms with Crippen LogP contribution in [0.1, 0.15) is 18.2 Å². The van der Waals surface area contributed by atoms with E-state index in [1.54, 1.807) is 11.6 Å². The number of aryl methyl sites for hydroxylation is 2. The number of aromatic nitrogens is 3. The van der Waals surface area contributed by atoms with E-state index in [0.29, 0.717) is 16.7 Å². The van der Waals surface area contributed by atoms with Crippen LogP contribution in [-0.4, -0.2) is 26.8 Å². The molecule has 0 aliphatic heterocycles. The molecular formula is C23H22N4O2S. The van der Waals surface area contributed by atoms with Crippen molar-refractivity contribution in [2.45, 2.75) is 26.9 Å². The van der Waals surface area contributed by atoms with Crippen LogP contribution in [0.4, 0.5) is 5.82 Å². The van der Waals surface area contributed by atoms with E-state index in [-0.39, 0.29) is 5.91 Å². The number of para-hydroxylation sites is 1. The van der Waals surface area contributed by atoms with Crippen molar-refractivity contribution in [3.05, 3.63) is 77.3 Å². The highest BCUT2D eigenvalue weighted by Crippen LogP contribution is 2.26. The van der Waals surface area contributed by atoms with Crippen LogP contribution in [0.15, 0.2) is 66.0 Å². The molecule has 1 atom stereocenters. The molecule has 152 valence electrons. The summed E-state index contributed by atoms with van der Waals surface area (Å²) in [4.78, 5) is 17.4. The number of hydrogen-bond donors (Lipinski definition) is 1. The van der Waals surface area contributed by atoms with Crippen molar-refractivity contribution in [3.8, 4) is 22.1 Å². The van der Waals surface area contributed by atoms with Crippen molar-refractivity contribution in [2.75, 3.05) is 5.32 Å². The molecule has 7 heteroatoms. The molecule has 4 aromatic rings. The quantitative estimate of drug-likeness (QED) is 0.477. The molecule has 0 radical (unpaired) electrons. The van der Waals surface area contributed by atoms with E-state index in [1.807, 2.05) is 60.8 Å². The van der Waals surface area contributed by atoms with E-state index < -0.39 is 6.10 Å². The van der Waals surface area contributed by atoms with Crippen LogP contribution >= 0.6 is 11.3 Å². The van der Waals surface area contributed by atoms with Gasteiger partial charge in [0.2, 0.25) is 5.13 Å². The van der Waals surface area contributed by atoms with E-state index in [4.69, 9.17) is 9.72 Å². The second kappa shape index (κ2) is 8.51. The third-order valence-electron chi connectivity index (χ3n) is 4.53. The van der Waals surface area contributed by atoms with Gasteiger partial charge < -0.3 is 10.1 Å². The predicted molar refractivity (Wildman–Crippen MR) is 119 cm³/mol. The minimum Gasteiger partial charge on any atom is -0.481 e. The zero-order valence-corrected chi connectivity index (χ0v) is 17.8. The van der Waals surface area contributed by atoms with E-state index in [1.165, 1.54) is 16.9 Å². The monoisotopic (exact) mass is 418 g/mol. The molecule has 30 heavy (non-hydrogen) atoms. The highest BCUT2D eigenvalue weighted by Gasteiger charge is 2.19. The van der Waals surface area contributed by atoms with Gasteiger partial charge in [0.25, 0.3) is 5.91 Å². The van der Waals surface area contributed by atoms with Crippen LogP contribution in [-0.2, 0) is 4.79 Å². The Labute approximate surface area is 179 Å². The molecule has 0 spiro atoms. The van der Waals surface area contributed by atoms with Gasteiger partial charge in [-0.2, -0.15) is 9.78 Å². The predicted octanol–water partition coefficient (Wildman–Crippen LogP) is 5.02. The van der Waals surface area contributed by atoms with Gasteiger partial charge in [-0.3, -0.25) is 4.79 Å². The van der Waals surface area contributed by atoms with Crippen LogP contribution in [0.2, 0.25) is 0 Å². The fourth-order valence-corrected chi connectivity index (χ4v) is 3.73. The third-order valence-corrected chi connectivity index (χ3v) is 5.34. The number of nitrogens with zero attached hydrogens (tertiary/aromatic N) is 3. The molecule has 0 aliphatic carbocycles. The first-order chi connectivity index (χ1) is 14.5. The summed E-state index contributed by atoms with van der Waals surface area (Å²) in [6.07, 6.45) is -0.657. The molecule has 1 amide bonds. The standard InChI is InChI=1S/C23H22N4O2S/c1-15-9-11-18(12-10-15)20-14-30-23(24-20)27-21(13-16(2)26-27)25-22(28)17(3)29-19-7-5-4-6-8-19/h4-14,17H,1-3H3,(H,25,28)/t17-/m1/s1. The van der Waals surface area contributed by atoms with Gasteiger partial charge in [0, 0.05) is 17.0 Å². The van der Waals surface area contributed by atoms with Gasteiger partial charge in [-0.1, -0.05) is 48.0 Å². The number of carbonyl (C=O) groups excluding carboxylic acids is 1. The van der Waals surface area contributed by atoms with Crippen molar-refractivity contribution in [1.29, 1.82) is 0 Å². The maximum Gasteiger partial charge on any atom is 0.266 e. The number of anilines is 1. The van der Waals surface area contributed by atoms with E-state index in [9.17, 15) is 4.79 Å². The number of ether oxygens (including phenoxy) is 1. The summed E-state index contributed by atoms with van der Waals surface area (Å²) in [6, 6.07) is 19.3. The Morgan fingerprint density at radius 2 is 1.83 bits per heavy atom. The molecule has 2 aromatic carbocycles. The topological polar surface area (TPSA) is 69.0 Å². The summed E-state index contributed by atoms with van der Waals surface area (Å²) >= 11 is 1.47. The minimum absolute atomic E-state index is 0.254. The van der Waals surface area contributed by atoms with E-state index >= 15 is 0 Å². The lowest BCUT2D eigenvalue weighted by Gasteiger charge is -2.14.